The van der Waals surface area contributed by atoms with Crippen molar-refractivity contribution < 1.29 is 4.79 Å². The molecule has 0 saturated heterocycles. The fourth-order valence-electron chi connectivity index (χ4n) is 4.94. The second-order valence-corrected chi connectivity index (χ2v) is 7.98. The Morgan fingerprint density at radius 2 is 2.00 bits per heavy atom. The zero-order valence-electron chi connectivity index (χ0n) is 13.9. The van der Waals surface area contributed by atoms with E-state index in [-0.39, 0.29) is 10.8 Å². The Morgan fingerprint density at radius 1 is 1.23 bits per heavy atom. The van der Waals surface area contributed by atoms with Crippen LogP contribution in [0.15, 0.2) is 36.0 Å². The first kappa shape index (κ1) is 14.0. The molecule has 0 aromatic heterocycles. The number of carbonyl (C=O) groups is 1. The summed E-state index contributed by atoms with van der Waals surface area (Å²) < 4.78 is 0. The molecule has 0 N–H and O–H groups in total. The number of rotatable bonds is 1. The lowest BCUT2D eigenvalue weighted by molar-refractivity contribution is -0.125. The minimum Gasteiger partial charge on any atom is -0.347 e. The Morgan fingerprint density at radius 3 is 2.73 bits per heavy atom. The van der Waals surface area contributed by atoms with Crippen molar-refractivity contribution in [2.45, 2.75) is 46.5 Å². The van der Waals surface area contributed by atoms with Gasteiger partial charge in [0.15, 0.2) is 5.78 Å². The van der Waals surface area contributed by atoms with E-state index in [2.05, 4.69) is 56.1 Å². The van der Waals surface area contributed by atoms with Crippen LogP contribution in [0.25, 0.3) is 0 Å². The van der Waals surface area contributed by atoms with Crippen LogP contribution < -0.4 is 4.90 Å². The van der Waals surface area contributed by atoms with Gasteiger partial charge in [0.1, 0.15) is 0 Å². The van der Waals surface area contributed by atoms with Crippen LogP contribution in [0.5, 0.6) is 0 Å². The lowest BCUT2D eigenvalue weighted by Gasteiger charge is -2.31. The molecule has 2 nitrogen and oxygen atoms in total. The minimum atomic E-state index is -0.154. The lowest BCUT2D eigenvalue weighted by atomic mass is 9.70. The van der Waals surface area contributed by atoms with Gasteiger partial charge in [0.05, 0.1) is 0 Å². The molecule has 1 aromatic rings. The highest BCUT2D eigenvalue weighted by Crippen LogP contribution is 2.65. The van der Waals surface area contributed by atoms with Gasteiger partial charge in [0.2, 0.25) is 0 Å². The predicted molar refractivity (Wildman–Crippen MR) is 89.8 cm³/mol. The smallest absolute Gasteiger partial charge is 0.167 e. The SMILES string of the molecule is CC1(C)[C@H]2CC[C@]1(C)C(=O)/C2=C\N1CCCc2ccccc21. The molecule has 2 fully saturated rings. The average molecular weight is 295 g/mol. The fourth-order valence-corrected chi connectivity index (χ4v) is 4.94. The zero-order valence-corrected chi connectivity index (χ0v) is 13.9. The number of para-hydroxylation sites is 1. The van der Waals surface area contributed by atoms with Gasteiger partial charge in [0, 0.05) is 29.4 Å². The molecule has 116 valence electrons. The number of hydrogen-bond acceptors (Lipinski definition) is 2. The number of Topliss-reactive ketones (excluding diaryl/α,β-unsaturated/α-hetero) is 1. The molecule has 2 heteroatoms. The lowest BCUT2D eigenvalue weighted by Crippen LogP contribution is -2.32. The second kappa shape index (κ2) is 4.47. The highest BCUT2D eigenvalue weighted by molar-refractivity contribution is 6.05. The molecule has 0 unspecified atom stereocenters. The average Bonchev–Trinajstić information content (AvgIpc) is 2.82. The third kappa shape index (κ3) is 1.64. The van der Waals surface area contributed by atoms with Crippen LogP contribution in [-0.2, 0) is 11.2 Å². The van der Waals surface area contributed by atoms with Crippen LogP contribution in [0, 0.1) is 16.7 Å². The molecule has 2 bridgehead atoms. The zero-order chi connectivity index (χ0) is 15.5. The Kier molecular flexibility index (Phi) is 2.85. The van der Waals surface area contributed by atoms with Crippen molar-refractivity contribution in [2.75, 3.05) is 11.4 Å². The molecule has 2 atom stereocenters. The topological polar surface area (TPSA) is 20.3 Å². The van der Waals surface area contributed by atoms with Gasteiger partial charge in [-0.15, -0.1) is 0 Å². The third-order valence-electron chi connectivity index (χ3n) is 6.81. The quantitative estimate of drug-likeness (QED) is 0.718. The van der Waals surface area contributed by atoms with Gasteiger partial charge in [-0.2, -0.15) is 0 Å². The maximum Gasteiger partial charge on any atom is 0.167 e. The van der Waals surface area contributed by atoms with E-state index in [0.717, 1.165) is 31.4 Å². The molecule has 3 aliphatic rings. The summed E-state index contributed by atoms with van der Waals surface area (Å²) in [5.74, 6) is 0.830. The fraction of sp³-hybridized carbons (Fsp3) is 0.550. The Balaban J connectivity index is 1.75. The van der Waals surface area contributed by atoms with Crippen molar-refractivity contribution in [2.24, 2.45) is 16.7 Å². The number of ketones is 1. The second-order valence-electron chi connectivity index (χ2n) is 7.98. The summed E-state index contributed by atoms with van der Waals surface area (Å²) in [6.45, 7) is 7.78. The number of allylic oxidation sites excluding steroid dienone is 1. The number of nitrogens with zero attached hydrogens (tertiary/aromatic N) is 1. The van der Waals surface area contributed by atoms with Crippen LogP contribution in [-0.4, -0.2) is 12.3 Å². The third-order valence-corrected chi connectivity index (χ3v) is 6.81. The van der Waals surface area contributed by atoms with Crippen LogP contribution >= 0.6 is 0 Å². The van der Waals surface area contributed by atoms with E-state index in [1.165, 1.54) is 17.7 Å². The first-order valence-electron chi connectivity index (χ1n) is 8.56. The summed E-state index contributed by atoms with van der Waals surface area (Å²) in [6.07, 6.45) is 6.72. The molecule has 0 amide bonds. The van der Waals surface area contributed by atoms with Crippen LogP contribution in [0.1, 0.15) is 45.6 Å². The molecule has 2 aliphatic carbocycles. The highest BCUT2D eigenvalue weighted by atomic mass is 16.1. The molecule has 1 aromatic carbocycles. The number of fused-ring (bicyclic) bond motifs is 3. The van der Waals surface area contributed by atoms with Crippen molar-refractivity contribution in [3.8, 4) is 0 Å². The Bertz CT molecular complexity index is 672. The standard InChI is InChI=1S/C20H25NO/c1-19(2)16-10-11-20(19,3)18(22)15(16)13-21-12-6-8-14-7-4-5-9-17(14)21/h4-5,7,9,13,16H,6,8,10-12H2,1-3H3/b15-13-/t16-,20+/m0/s1. The highest BCUT2D eigenvalue weighted by Gasteiger charge is 2.64. The van der Waals surface area contributed by atoms with Gasteiger partial charge in [-0.25, -0.2) is 0 Å². The molecule has 22 heavy (non-hydrogen) atoms. The minimum absolute atomic E-state index is 0.102. The predicted octanol–water partition coefficient (Wildman–Crippen LogP) is 4.35. The monoisotopic (exact) mass is 295 g/mol. The van der Waals surface area contributed by atoms with Gasteiger partial charge in [-0.3, -0.25) is 4.79 Å². The molecule has 1 aliphatic heterocycles. The number of anilines is 1. The van der Waals surface area contributed by atoms with Crippen molar-refractivity contribution in [3.63, 3.8) is 0 Å². The van der Waals surface area contributed by atoms with E-state index in [9.17, 15) is 4.79 Å². The number of benzene rings is 1. The van der Waals surface area contributed by atoms with Crippen molar-refractivity contribution in [1.82, 2.24) is 0 Å². The largest absolute Gasteiger partial charge is 0.347 e. The maximum atomic E-state index is 13.0. The van der Waals surface area contributed by atoms with Crippen molar-refractivity contribution in [1.29, 1.82) is 0 Å². The van der Waals surface area contributed by atoms with Gasteiger partial charge in [-0.05, 0) is 48.6 Å². The molecule has 2 saturated carbocycles. The Labute approximate surface area is 133 Å². The van der Waals surface area contributed by atoms with E-state index in [0.29, 0.717) is 11.7 Å². The molecular formula is C20H25NO. The Hall–Kier alpha value is -1.57. The number of hydrogen-bond donors (Lipinski definition) is 0. The van der Waals surface area contributed by atoms with Crippen molar-refractivity contribution >= 4 is 11.5 Å². The summed E-state index contributed by atoms with van der Waals surface area (Å²) in [7, 11) is 0. The van der Waals surface area contributed by atoms with E-state index < -0.39 is 0 Å². The summed E-state index contributed by atoms with van der Waals surface area (Å²) in [6, 6.07) is 8.62. The van der Waals surface area contributed by atoms with Crippen LogP contribution in [0.4, 0.5) is 5.69 Å². The first-order valence-corrected chi connectivity index (χ1v) is 8.56. The number of carbonyl (C=O) groups excluding carboxylic acids is 1. The van der Waals surface area contributed by atoms with Crippen LogP contribution in [0.3, 0.4) is 0 Å². The van der Waals surface area contributed by atoms with Gasteiger partial charge in [0.25, 0.3) is 0 Å². The van der Waals surface area contributed by atoms with E-state index in [1.807, 2.05) is 0 Å². The van der Waals surface area contributed by atoms with Gasteiger partial charge in [-0.1, -0.05) is 39.0 Å². The molecular weight excluding hydrogens is 270 g/mol. The van der Waals surface area contributed by atoms with Crippen LogP contribution in [0.2, 0.25) is 0 Å². The molecule has 1 heterocycles. The molecule has 4 rings (SSSR count). The van der Waals surface area contributed by atoms with E-state index in [1.54, 1.807) is 0 Å². The normalized spacial score (nSPS) is 34.3. The van der Waals surface area contributed by atoms with Crippen molar-refractivity contribution in [3.05, 3.63) is 41.6 Å². The summed E-state index contributed by atoms with van der Waals surface area (Å²) in [4.78, 5) is 15.3. The summed E-state index contributed by atoms with van der Waals surface area (Å²) >= 11 is 0. The maximum absolute atomic E-state index is 13.0. The summed E-state index contributed by atoms with van der Waals surface area (Å²) in [5.41, 5.74) is 3.73. The van der Waals surface area contributed by atoms with Gasteiger partial charge >= 0.3 is 0 Å². The van der Waals surface area contributed by atoms with E-state index >= 15 is 0 Å². The summed E-state index contributed by atoms with van der Waals surface area (Å²) in [5, 5.41) is 0. The van der Waals surface area contributed by atoms with Gasteiger partial charge < -0.3 is 4.90 Å². The first-order chi connectivity index (χ1) is 10.4. The number of aryl methyl sites for hydroxylation is 1. The molecule has 0 radical (unpaired) electrons. The molecule has 0 spiro atoms. The van der Waals surface area contributed by atoms with E-state index in [4.69, 9.17) is 0 Å².